The molecule has 2 aromatic carbocycles. The Labute approximate surface area is 149 Å². The maximum Gasteiger partial charge on any atom is 0.256 e. The molecule has 2 amide bonds. The number of halogens is 2. The number of carbonyl (C=O) groups excluding carboxylic acids is 2. The lowest BCUT2D eigenvalue weighted by molar-refractivity contribution is -0.125. The number of rotatable bonds is 5. The van der Waals surface area contributed by atoms with Gasteiger partial charge in [-0.05, 0) is 30.3 Å². The highest BCUT2D eigenvalue weighted by Crippen LogP contribution is 2.25. The Morgan fingerprint density at radius 2 is 1.92 bits per heavy atom. The number of nitrogens with zero attached hydrogens (tertiary/aromatic N) is 1. The molecule has 0 aromatic heterocycles. The van der Waals surface area contributed by atoms with Crippen LogP contribution in [0.4, 0.5) is 10.1 Å². The number of thioether (sulfide) groups is 1. The van der Waals surface area contributed by atoms with Crippen molar-refractivity contribution in [3.05, 3.63) is 58.9 Å². The van der Waals surface area contributed by atoms with Gasteiger partial charge in [0, 0.05) is 24.0 Å². The molecule has 7 heteroatoms. The first-order valence-electron chi connectivity index (χ1n) is 7.07. The standard InChI is InChI=1S/C17H16ClFN2O2S/c1-21(2)16(22)10-24-15-6-4-3-5-12(15)17(23)20-14-8-7-11(18)9-13(14)19/h3-9H,10H2,1-2H3,(H,20,23). The fourth-order valence-corrected chi connectivity index (χ4v) is 3.02. The van der Waals surface area contributed by atoms with Gasteiger partial charge in [0.25, 0.3) is 5.91 Å². The van der Waals surface area contributed by atoms with Gasteiger partial charge in [-0.2, -0.15) is 0 Å². The third-order valence-electron chi connectivity index (χ3n) is 3.16. The Kier molecular flexibility index (Phi) is 6.23. The van der Waals surface area contributed by atoms with Gasteiger partial charge in [0.05, 0.1) is 17.0 Å². The summed E-state index contributed by atoms with van der Waals surface area (Å²) in [4.78, 5) is 26.3. The first-order chi connectivity index (χ1) is 11.4. The van der Waals surface area contributed by atoms with Crippen LogP contribution in [0.3, 0.4) is 0 Å². The molecule has 24 heavy (non-hydrogen) atoms. The van der Waals surface area contributed by atoms with E-state index in [0.717, 1.165) is 6.07 Å². The molecule has 126 valence electrons. The minimum absolute atomic E-state index is 0.0496. The third kappa shape index (κ3) is 4.72. The number of benzene rings is 2. The molecule has 0 aliphatic heterocycles. The molecule has 0 bridgehead atoms. The molecule has 0 aliphatic carbocycles. The van der Waals surface area contributed by atoms with Crippen molar-refractivity contribution in [3.8, 4) is 0 Å². The summed E-state index contributed by atoms with van der Waals surface area (Å²) >= 11 is 6.96. The summed E-state index contributed by atoms with van der Waals surface area (Å²) in [6.45, 7) is 0. The number of hydrogen-bond donors (Lipinski definition) is 1. The maximum atomic E-state index is 13.8. The fourth-order valence-electron chi connectivity index (χ4n) is 1.83. The van der Waals surface area contributed by atoms with Gasteiger partial charge in [-0.15, -0.1) is 11.8 Å². The molecule has 4 nitrogen and oxygen atoms in total. The first kappa shape index (κ1) is 18.3. The first-order valence-corrected chi connectivity index (χ1v) is 8.43. The summed E-state index contributed by atoms with van der Waals surface area (Å²) < 4.78 is 13.8. The van der Waals surface area contributed by atoms with Crippen molar-refractivity contribution in [2.45, 2.75) is 4.90 Å². The van der Waals surface area contributed by atoms with Gasteiger partial charge in [-0.1, -0.05) is 23.7 Å². The van der Waals surface area contributed by atoms with Gasteiger partial charge in [0.2, 0.25) is 5.91 Å². The van der Waals surface area contributed by atoms with Gasteiger partial charge in [0.15, 0.2) is 0 Å². The number of nitrogens with one attached hydrogen (secondary N) is 1. The minimum Gasteiger partial charge on any atom is -0.348 e. The van der Waals surface area contributed by atoms with E-state index in [9.17, 15) is 14.0 Å². The zero-order chi connectivity index (χ0) is 17.7. The molecular formula is C17H16ClFN2O2S. The molecule has 0 heterocycles. The van der Waals surface area contributed by atoms with Crippen LogP contribution >= 0.6 is 23.4 Å². The van der Waals surface area contributed by atoms with E-state index < -0.39 is 11.7 Å². The second-order valence-electron chi connectivity index (χ2n) is 5.15. The van der Waals surface area contributed by atoms with Crippen LogP contribution in [0.1, 0.15) is 10.4 Å². The van der Waals surface area contributed by atoms with E-state index in [4.69, 9.17) is 11.6 Å². The summed E-state index contributed by atoms with van der Waals surface area (Å²) in [5.41, 5.74) is 0.428. The van der Waals surface area contributed by atoms with E-state index >= 15 is 0 Å². The lowest BCUT2D eigenvalue weighted by atomic mass is 10.2. The van der Waals surface area contributed by atoms with Crippen molar-refractivity contribution in [1.82, 2.24) is 4.90 Å². The highest BCUT2D eigenvalue weighted by atomic mass is 35.5. The van der Waals surface area contributed by atoms with Crippen LogP contribution in [-0.2, 0) is 4.79 Å². The predicted octanol–water partition coefficient (Wildman–Crippen LogP) is 3.91. The minimum atomic E-state index is -0.608. The molecule has 1 N–H and O–H groups in total. The van der Waals surface area contributed by atoms with Crippen LogP contribution in [0.2, 0.25) is 5.02 Å². The lowest BCUT2D eigenvalue weighted by Crippen LogP contribution is -2.23. The molecule has 0 aliphatic rings. The van der Waals surface area contributed by atoms with Crippen LogP contribution in [-0.4, -0.2) is 36.6 Å². The number of amides is 2. The van der Waals surface area contributed by atoms with Gasteiger partial charge in [-0.3, -0.25) is 9.59 Å². The van der Waals surface area contributed by atoms with Gasteiger partial charge >= 0.3 is 0 Å². The summed E-state index contributed by atoms with van der Waals surface area (Å²) in [5.74, 6) is -0.897. The molecule has 0 unspecified atom stereocenters. The van der Waals surface area contributed by atoms with Gasteiger partial charge < -0.3 is 10.2 Å². The highest BCUT2D eigenvalue weighted by molar-refractivity contribution is 8.00. The van der Waals surface area contributed by atoms with Gasteiger partial charge in [-0.25, -0.2) is 4.39 Å². The Morgan fingerprint density at radius 3 is 2.58 bits per heavy atom. The molecule has 2 rings (SSSR count). The van der Waals surface area contributed by atoms with E-state index in [1.54, 1.807) is 38.4 Å². The highest BCUT2D eigenvalue weighted by Gasteiger charge is 2.15. The molecule has 0 saturated heterocycles. The van der Waals surface area contributed by atoms with Crippen LogP contribution in [0, 0.1) is 5.82 Å². The van der Waals surface area contributed by atoms with Crippen LogP contribution in [0.5, 0.6) is 0 Å². The topological polar surface area (TPSA) is 49.4 Å². The van der Waals surface area contributed by atoms with Crippen molar-refractivity contribution >= 4 is 40.9 Å². The zero-order valence-electron chi connectivity index (χ0n) is 13.2. The largest absolute Gasteiger partial charge is 0.348 e. The van der Waals surface area contributed by atoms with Crippen LogP contribution in [0.15, 0.2) is 47.4 Å². The molecule has 0 spiro atoms. The monoisotopic (exact) mass is 366 g/mol. The van der Waals surface area contributed by atoms with Crippen LogP contribution in [0.25, 0.3) is 0 Å². The van der Waals surface area contributed by atoms with E-state index in [2.05, 4.69) is 5.32 Å². The SMILES string of the molecule is CN(C)C(=O)CSc1ccccc1C(=O)Nc1ccc(Cl)cc1F. The van der Waals surface area contributed by atoms with E-state index in [1.165, 1.54) is 28.8 Å². The Balaban J connectivity index is 2.16. The smallest absolute Gasteiger partial charge is 0.256 e. The number of carbonyl (C=O) groups is 2. The molecule has 2 aromatic rings. The Hall–Kier alpha value is -2.05. The Bertz CT molecular complexity index is 768. The predicted molar refractivity (Wildman–Crippen MR) is 95.2 cm³/mol. The summed E-state index contributed by atoms with van der Waals surface area (Å²) in [5, 5.41) is 2.78. The normalized spacial score (nSPS) is 10.3. The summed E-state index contributed by atoms with van der Waals surface area (Å²) in [7, 11) is 3.34. The second-order valence-corrected chi connectivity index (χ2v) is 6.60. The zero-order valence-corrected chi connectivity index (χ0v) is 14.7. The average molecular weight is 367 g/mol. The Morgan fingerprint density at radius 1 is 1.21 bits per heavy atom. The molecule has 0 atom stereocenters. The fraction of sp³-hybridized carbons (Fsp3) is 0.176. The lowest BCUT2D eigenvalue weighted by Gasteiger charge is -2.12. The second kappa shape index (κ2) is 8.17. The number of hydrogen-bond acceptors (Lipinski definition) is 3. The van der Waals surface area contributed by atoms with Crippen molar-refractivity contribution < 1.29 is 14.0 Å². The summed E-state index contributed by atoms with van der Waals surface area (Å²) in [6, 6.07) is 10.9. The average Bonchev–Trinajstić information content (AvgIpc) is 2.55. The van der Waals surface area contributed by atoms with E-state index in [-0.39, 0.29) is 22.4 Å². The summed E-state index contributed by atoms with van der Waals surface area (Å²) in [6.07, 6.45) is 0. The molecular weight excluding hydrogens is 351 g/mol. The van der Waals surface area contributed by atoms with Crippen molar-refractivity contribution in [2.75, 3.05) is 25.2 Å². The van der Waals surface area contributed by atoms with Crippen molar-refractivity contribution in [3.63, 3.8) is 0 Å². The molecule has 0 fully saturated rings. The van der Waals surface area contributed by atoms with Gasteiger partial charge in [0.1, 0.15) is 5.82 Å². The number of anilines is 1. The molecule has 0 radical (unpaired) electrons. The van der Waals surface area contributed by atoms with Crippen molar-refractivity contribution in [2.24, 2.45) is 0 Å². The third-order valence-corrected chi connectivity index (χ3v) is 4.45. The van der Waals surface area contributed by atoms with Crippen LogP contribution < -0.4 is 5.32 Å². The maximum absolute atomic E-state index is 13.8. The van der Waals surface area contributed by atoms with E-state index in [1.807, 2.05) is 0 Å². The van der Waals surface area contributed by atoms with Crippen molar-refractivity contribution in [1.29, 1.82) is 0 Å². The van der Waals surface area contributed by atoms with E-state index in [0.29, 0.717) is 10.5 Å². The quantitative estimate of drug-likeness (QED) is 0.816. The molecule has 0 saturated carbocycles.